The Bertz CT molecular complexity index is 916. The van der Waals surface area contributed by atoms with Gasteiger partial charge in [-0.25, -0.2) is 4.98 Å². The lowest BCUT2D eigenvalue weighted by molar-refractivity contribution is -0.274. The lowest BCUT2D eigenvalue weighted by atomic mass is 10.1. The normalized spacial score (nSPS) is 11.4. The lowest BCUT2D eigenvalue weighted by Gasteiger charge is -2.13. The van der Waals surface area contributed by atoms with Gasteiger partial charge in [0.25, 0.3) is 0 Å². The fraction of sp³-hybridized carbons (Fsp3) is 0.150. The lowest BCUT2D eigenvalue weighted by Crippen LogP contribution is -2.17. The minimum atomic E-state index is -4.71. The summed E-state index contributed by atoms with van der Waals surface area (Å²) in [5.74, 6) is 0.406. The molecule has 0 saturated heterocycles. The molecule has 3 nitrogen and oxygen atoms in total. The Kier molecular flexibility index (Phi) is 5.60. The van der Waals surface area contributed by atoms with Crippen molar-refractivity contribution in [1.29, 1.82) is 0 Å². The molecule has 0 aliphatic carbocycles. The Morgan fingerprint density at radius 3 is 2.37 bits per heavy atom. The van der Waals surface area contributed by atoms with Crippen molar-refractivity contribution in [1.82, 2.24) is 9.55 Å². The van der Waals surface area contributed by atoms with Crippen molar-refractivity contribution in [2.45, 2.75) is 18.4 Å². The molecular formula is C20H17F3N2OS. The average molecular weight is 390 g/mol. The van der Waals surface area contributed by atoms with Crippen LogP contribution in [-0.2, 0) is 0 Å². The first-order valence-corrected chi connectivity index (χ1v) is 9.10. The number of imidazole rings is 1. The van der Waals surface area contributed by atoms with E-state index in [-0.39, 0.29) is 5.75 Å². The van der Waals surface area contributed by atoms with Crippen LogP contribution in [0.15, 0.2) is 72.5 Å². The molecule has 3 rings (SSSR count). The number of nitrogens with zero attached hydrogens (tertiary/aromatic N) is 2. The standard InChI is InChI=1S/C20H17F3N2OS/c1-3-12-27-19-24-13-18(15-6-4-14(2)5-7-15)25(19)16-8-10-17(11-9-16)26-20(21,22)23/h3-11,13H,1,12H2,2H3. The van der Waals surface area contributed by atoms with Gasteiger partial charge in [-0.15, -0.1) is 19.8 Å². The first kappa shape index (κ1) is 19.1. The van der Waals surface area contributed by atoms with E-state index in [4.69, 9.17) is 0 Å². The molecule has 0 saturated carbocycles. The molecular weight excluding hydrogens is 373 g/mol. The molecule has 0 spiro atoms. The second-order valence-corrected chi connectivity index (χ2v) is 6.76. The van der Waals surface area contributed by atoms with Crippen molar-refractivity contribution in [3.63, 3.8) is 0 Å². The van der Waals surface area contributed by atoms with Crippen LogP contribution in [0.1, 0.15) is 5.56 Å². The zero-order valence-electron chi connectivity index (χ0n) is 14.5. The smallest absolute Gasteiger partial charge is 0.406 e. The van der Waals surface area contributed by atoms with Crippen LogP contribution >= 0.6 is 11.8 Å². The van der Waals surface area contributed by atoms with Crippen LogP contribution in [0, 0.1) is 6.92 Å². The monoisotopic (exact) mass is 390 g/mol. The van der Waals surface area contributed by atoms with Crippen LogP contribution in [-0.4, -0.2) is 21.7 Å². The molecule has 27 heavy (non-hydrogen) atoms. The van der Waals surface area contributed by atoms with E-state index in [1.165, 1.54) is 23.9 Å². The number of halogens is 3. The summed E-state index contributed by atoms with van der Waals surface area (Å²) in [6.07, 6.45) is -1.18. The Morgan fingerprint density at radius 2 is 1.78 bits per heavy atom. The van der Waals surface area contributed by atoms with Crippen LogP contribution in [0.2, 0.25) is 0 Å². The predicted molar refractivity (Wildman–Crippen MR) is 101 cm³/mol. The summed E-state index contributed by atoms with van der Waals surface area (Å²) in [6, 6.07) is 13.7. The number of hydrogen-bond donors (Lipinski definition) is 0. The molecule has 0 aliphatic rings. The van der Waals surface area contributed by atoms with Gasteiger partial charge in [0.05, 0.1) is 11.9 Å². The quantitative estimate of drug-likeness (QED) is 0.380. The van der Waals surface area contributed by atoms with E-state index in [1.54, 1.807) is 24.4 Å². The van der Waals surface area contributed by atoms with E-state index in [2.05, 4.69) is 16.3 Å². The SMILES string of the molecule is C=CCSc1ncc(-c2ccc(C)cc2)n1-c1ccc(OC(F)(F)F)cc1. The molecule has 7 heteroatoms. The summed E-state index contributed by atoms with van der Waals surface area (Å²) in [4.78, 5) is 4.48. The largest absolute Gasteiger partial charge is 0.573 e. The van der Waals surface area contributed by atoms with E-state index < -0.39 is 6.36 Å². The van der Waals surface area contributed by atoms with Crippen molar-refractivity contribution in [2.75, 3.05) is 5.75 Å². The van der Waals surface area contributed by atoms with Crippen LogP contribution in [0.5, 0.6) is 5.75 Å². The second-order valence-electron chi connectivity index (χ2n) is 5.77. The third-order valence-electron chi connectivity index (χ3n) is 3.74. The van der Waals surface area contributed by atoms with E-state index in [0.29, 0.717) is 11.4 Å². The minimum Gasteiger partial charge on any atom is -0.406 e. The average Bonchev–Trinajstić information content (AvgIpc) is 3.04. The zero-order valence-corrected chi connectivity index (χ0v) is 15.3. The van der Waals surface area contributed by atoms with Gasteiger partial charge in [-0.05, 0) is 31.2 Å². The summed E-state index contributed by atoms with van der Waals surface area (Å²) in [7, 11) is 0. The van der Waals surface area contributed by atoms with E-state index >= 15 is 0 Å². The number of thioether (sulfide) groups is 1. The third-order valence-corrected chi connectivity index (χ3v) is 4.68. The first-order chi connectivity index (χ1) is 12.9. The highest BCUT2D eigenvalue weighted by Crippen LogP contribution is 2.31. The highest BCUT2D eigenvalue weighted by Gasteiger charge is 2.31. The molecule has 1 aromatic heterocycles. The van der Waals surface area contributed by atoms with Gasteiger partial charge in [0.2, 0.25) is 0 Å². The van der Waals surface area contributed by atoms with Crippen LogP contribution in [0.3, 0.4) is 0 Å². The maximum atomic E-state index is 12.4. The molecule has 1 heterocycles. The molecule has 0 aliphatic heterocycles. The van der Waals surface area contributed by atoms with Gasteiger partial charge >= 0.3 is 6.36 Å². The molecule has 140 valence electrons. The van der Waals surface area contributed by atoms with E-state index in [1.807, 2.05) is 35.8 Å². The van der Waals surface area contributed by atoms with Crippen molar-refractivity contribution in [3.8, 4) is 22.7 Å². The van der Waals surface area contributed by atoms with Crippen molar-refractivity contribution in [3.05, 3.63) is 72.9 Å². The highest BCUT2D eigenvalue weighted by molar-refractivity contribution is 7.99. The maximum Gasteiger partial charge on any atom is 0.573 e. The molecule has 0 amide bonds. The van der Waals surface area contributed by atoms with Gasteiger partial charge < -0.3 is 4.74 Å². The van der Waals surface area contributed by atoms with Gasteiger partial charge in [-0.3, -0.25) is 4.57 Å². The second kappa shape index (κ2) is 7.92. The van der Waals surface area contributed by atoms with Crippen LogP contribution in [0.25, 0.3) is 16.9 Å². The highest BCUT2D eigenvalue weighted by atomic mass is 32.2. The van der Waals surface area contributed by atoms with Gasteiger partial charge in [0.1, 0.15) is 5.75 Å². The summed E-state index contributed by atoms with van der Waals surface area (Å²) >= 11 is 1.50. The van der Waals surface area contributed by atoms with E-state index in [9.17, 15) is 13.2 Å². The molecule has 2 aromatic carbocycles. The number of benzene rings is 2. The van der Waals surface area contributed by atoms with Crippen molar-refractivity contribution >= 4 is 11.8 Å². The van der Waals surface area contributed by atoms with Gasteiger partial charge in [0, 0.05) is 17.0 Å². The zero-order chi connectivity index (χ0) is 19.4. The van der Waals surface area contributed by atoms with Gasteiger partial charge in [-0.1, -0.05) is 47.7 Å². The number of aromatic nitrogens is 2. The fourth-order valence-corrected chi connectivity index (χ4v) is 3.27. The minimum absolute atomic E-state index is 0.261. The summed E-state index contributed by atoms with van der Waals surface area (Å²) in [6.45, 7) is 5.72. The fourth-order valence-electron chi connectivity index (χ4n) is 2.54. The molecule has 0 radical (unpaired) electrons. The molecule has 3 aromatic rings. The van der Waals surface area contributed by atoms with Crippen molar-refractivity contribution < 1.29 is 17.9 Å². The summed E-state index contributed by atoms with van der Waals surface area (Å²) in [5, 5.41) is 0.731. The van der Waals surface area contributed by atoms with E-state index in [0.717, 1.165) is 22.0 Å². The number of alkyl halides is 3. The Labute approximate surface area is 159 Å². The van der Waals surface area contributed by atoms with Gasteiger partial charge in [0.15, 0.2) is 5.16 Å². The molecule has 0 N–H and O–H groups in total. The third kappa shape index (κ3) is 4.74. The molecule has 0 fully saturated rings. The molecule has 0 atom stereocenters. The number of rotatable bonds is 6. The Hall–Kier alpha value is -2.67. The number of aryl methyl sites for hydroxylation is 1. The number of hydrogen-bond acceptors (Lipinski definition) is 3. The Morgan fingerprint density at radius 1 is 1.11 bits per heavy atom. The maximum absolute atomic E-state index is 12.4. The summed E-state index contributed by atoms with van der Waals surface area (Å²) in [5.41, 5.74) is 3.66. The summed E-state index contributed by atoms with van der Waals surface area (Å²) < 4.78 is 43.0. The van der Waals surface area contributed by atoms with Crippen LogP contribution < -0.4 is 4.74 Å². The first-order valence-electron chi connectivity index (χ1n) is 8.12. The topological polar surface area (TPSA) is 27.1 Å². The Balaban J connectivity index is 2.02. The van der Waals surface area contributed by atoms with Crippen LogP contribution in [0.4, 0.5) is 13.2 Å². The van der Waals surface area contributed by atoms with Crippen molar-refractivity contribution in [2.24, 2.45) is 0 Å². The molecule has 0 unspecified atom stereocenters. The predicted octanol–water partition coefficient (Wildman–Crippen LogP) is 6.02. The number of ether oxygens (including phenoxy) is 1. The molecule has 0 bridgehead atoms. The van der Waals surface area contributed by atoms with Gasteiger partial charge in [-0.2, -0.15) is 0 Å².